The van der Waals surface area contributed by atoms with E-state index >= 15 is 0 Å². The molecule has 0 aliphatic heterocycles. The first-order chi connectivity index (χ1) is 15.1. The lowest BCUT2D eigenvalue weighted by atomic mass is 9.69. The number of ether oxygens (including phenoxy) is 1. The molecule has 2 bridgehead atoms. The fraction of sp³-hybridized carbons (Fsp3) is 0.893. The quantitative estimate of drug-likeness (QED) is 0.409. The summed E-state index contributed by atoms with van der Waals surface area (Å²) in [5.41, 5.74) is -1.23. The summed E-state index contributed by atoms with van der Waals surface area (Å²) in [7, 11) is 0. The predicted molar refractivity (Wildman–Crippen MR) is 127 cm³/mol. The standard InChI is InChI=1S/C18H30O4.C10H16/c1-6-15(20)18(5,7-2)12-17(3,4)16(21)22-14-10-8-9-13(19)11-14;1-2-9-7-4-5-8(6-7)10(9)3-1/h14H,6-12H2,1-5H3;7-10H,1-6H2. The molecule has 0 N–H and O–H groups in total. The maximum absolute atomic E-state index is 12.5. The number of esters is 1. The van der Waals surface area contributed by atoms with Crippen LogP contribution in [0, 0.1) is 34.5 Å². The van der Waals surface area contributed by atoms with Gasteiger partial charge in [0.1, 0.15) is 17.7 Å². The third-order valence-electron chi connectivity index (χ3n) is 9.22. The molecule has 0 aromatic rings. The Morgan fingerprint density at radius 1 is 0.938 bits per heavy atom. The van der Waals surface area contributed by atoms with Gasteiger partial charge in [-0.05, 0) is 95.3 Å². The summed E-state index contributed by atoms with van der Waals surface area (Å²) in [5, 5.41) is 0. The highest BCUT2D eigenvalue weighted by atomic mass is 16.5. The fourth-order valence-corrected chi connectivity index (χ4v) is 7.31. The topological polar surface area (TPSA) is 60.4 Å². The maximum Gasteiger partial charge on any atom is 0.311 e. The molecule has 4 saturated carbocycles. The molecule has 0 spiro atoms. The minimum Gasteiger partial charge on any atom is -0.461 e. The number of carbonyl (C=O) groups excluding carboxylic acids is 3. The molecule has 0 radical (unpaired) electrons. The normalized spacial score (nSPS) is 33.2. The minimum absolute atomic E-state index is 0.168. The first-order valence-corrected chi connectivity index (χ1v) is 13.4. The fourth-order valence-electron chi connectivity index (χ4n) is 7.31. The Balaban J connectivity index is 0.000000233. The van der Waals surface area contributed by atoms with Crippen molar-refractivity contribution in [3.05, 3.63) is 0 Å². The van der Waals surface area contributed by atoms with Crippen molar-refractivity contribution in [3.8, 4) is 0 Å². The van der Waals surface area contributed by atoms with Crippen LogP contribution in [0.1, 0.15) is 118 Å². The summed E-state index contributed by atoms with van der Waals surface area (Å²) in [5.74, 6) is 4.86. The van der Waals surface area contributed by atoms with Crippen LogP contribution < -0.4 is 0 Å². The molecule has 4 rings (SSSR count). The van der Waals surface area contributed by atoms with Crippen LogP contribution in [0.2, 0.25) is 0 Å². The van der Waals surface area contributed by atoms with E-state index in [0.29, 0.717) is 32.1 Å². The van der Waals surface area contributed by atoms with Crippen LogP contribution >= 0.6 is 0 Å². The van der Waals surface area contributed by atoms with Gasteiger partial charge in [-0.2, -0.15) is 0 Å². The lowest BCUT2D eigenvalue weighted by molar-refractivity contribution is -0.164. The SMILES string of the molecule is C1CC2C3CCC(C3)C2C1.CCC(=O)C(C)(CC)CC(C)(C)C(=O)OC1CCCC(=O)C1. The summed E-state index contributed by atoms with van der Waals surface area (Å²) in [6.45, 7) is 9.43. The average molecular weight is 447 g/mol. The molecule has 4 heteroatoms. The Morgan fingerprint density at radius 3 is 2.09 bits per heavy atom. The van der Waals surface area contributed by atoms with Crippen LogP contribution in [0.5, 0.6) is 0 Å². The first kappa shape index (κ1) is 25.4. The van der Waals surface area contributed by atoms with Gasteiger partial charge >= 0.3 is 5.97 Å². The third-order valence-corrected chi connectivity index (χ3v) is 9.22. The Hall–Kier alpha value is -1.19. The lowest BCUT2D eigenvalue weighted by Crippen LogP contribution is -2.39. The zero-order chi connectivity index (χ0) is 23.5. The van der Waals surface area contributed by atoms with Gasteiger partial charge in [0.25, 0.3) is 0 Å². The number of Topliss-reactive ketones (excluding diaryl/α,β-unsaturated/α-hetero) is 2. The molecule has 0 aromatic carbocycles. The lowest BCUT2D eigenvalue weighted by Gasteiger charge is -2.35. The van der Waals surface area contributed by atoms with Crippen LogP contribution in [-0.4, -0.2) is 23.6 Å². The predicted octanol–water partition coefficient (Wildman–Crippen LogP) is 6.69. The Labute approximate surface area is 195 Å². The zero-order valence-corrected chi connectivity index (χ0v) is 21.2. The van der Waals surface area contributed by atoms with Crippen molar-refractivity contribution in [2.75, 3.05) is 0 Å². The number of rotatable bonds is 7. The molecule has 4 aliphatic rings. The van der Waals surface area contributed by atoms with E-state index in [2.05, 4.69) is 0 Å². The van der Waals surface area contributed by atoms with E-state index < -0.39 is 10.8 Å². The molecule has 0 aromatic heterocycles. The molecular weight excluding hydrogens is 400 g/mol. The molecule has 4 nitrogen and oxygen atoms in total. The van der Waals surface area contributed by atoms with Gasteiger partial charge in [-0.1, -0.05) is 27.2 Å². The summed E-state index contributed by atoms with van der Waals surface area (Å²) < 4.78 is 5.56. The highest BCUT2D eigenvalue weighted by molar-refractivity contribution is 5.86. The molecule has 0 amide bonds. The van der Waals surface area contributed by atoms with Crippen molar-refractivity contribution in [2.24, 2.45) is 34.5 Å². The van der Waals surface area contributed by atoms with E-state index in [1.807, 2.05) is 34.6 Å². The van der Waals surface area contributed by atoms with Gasteiger partial charge in [0.15, 0.2) is 0 Å². The van der Waals surface area contributed by atoms with Crippen molar-refractivity contribution in [1.29, 1.82) is 0 Å². The molecule has 4 aliphatic carbocycles. The van der Waals surface area contributed by atoms with Crippen LogP contribution in [0.4, 0.5) is 0 Å². The van der Waals surface area contributed by atoms with Crippen LogP contribution in [0.25, 0.3) is 0 Å². The molecule has 0 heterocycles. The second-order valence-corrected chi connectivity index (χ2v) is 12.0. The molecular formula is C28H46O4. The van der Waals surface area contributed by atoms with Gasteiger partial charge in [0.05, 0.1) is 5.41 Å². The van der Waals surface area contributed by atoms with Crippen LogP contribution in [-0.2, 0) is 19.1 Å². The molecule has 6 atom stereocenters. The van der Waals surface area contributed by atoms with Crippen molar-refractivity contribution in [2.45, 2.75) is 124 Å². The highest BCUT2D eigenvalue weighted by Crippen LogP contribution is 2.58. The average Bonchev–Trinajstić information content (AvgIpc) is 3.48. The van der Waals surface area contributed by atoms with Gasteiger partial charge < -0.3 is 4.74 Å². The second kappa shape index (κ2) is 10.4. The summed E-state index contributed by atoms with van der Waals surface area (Å²) in [4.78, 5) is 36.2. The summed E-state index contributed by atoms with van der Waals surface area (Å²) >= 11 is 0. The molecule has 0 saturated heterocycles. The van der Waals surface area contributed by atoms with Crippen LogP contribution in [0.3, 0.4) is 0 Å². The smallest absolute Gasteiger partial charge is 0.311 e. The van der Waals surface area contributed by atoms with Crippen molar-refractivity contribution in [3.63, 3.8) is 0 Å². The maximum atomic E-state index is 12.5. The van der Waals surface area contributed by atoms with E-state index in [9.17, 15) is 14.4 Å². The summed E-state index contributed by atoms with van der Waals surface area (Å²) in [6.07, 6.45) is 13.4. The van der Waals surface area contributed by atoms with E-state index in [1.54, 1.807) is 38.5 Å². The van der Waals surface area contributed by atoms with E-state index in [-0.39, 0.29) is 23.6 Å². The number of fused-ring (bicyclic) bond motifs is 5. The highest BCUT2D eigenvalue weighted by Gasteiger charge is 2.48. The number of carbonyl (C=O) groups is 3. The van der Waals surface area contributed by atoms with Gasteiger partial charge in [0, 0.05) is 24.7 Å². The zero-order valence-electron chi connectivity index (χ0n) is 21.2. The molecule has 182 valence electrons. The minimum atomic E-state index is -0.726. The largest absolute Gasteiger partial charge is 0.461 e. The van der Waals surface area contributed by atoms with Crippen molar-refractivity contribution in [1.82, 2.24) is 0 Å². The third kappa shape index (κ3) is 5.65. The van der Waals surface area contributed by atoms with Gasteiger partial charge in [-0.3, -0.25) is 14.4 Å². The Morgan fingerprint density at radius 2 is 1.56 bits per heavy atom. The number of hydrogen-bond acceptors (Lipinski definition) is 4. The molecule has 32 heavy (non-hydrogen) atoms. The van der Waals surface area contributed by atoms with Gasteiger partial charge in [0.2, 0.25) is 0 Å². The van der Waals surface area contributed by atoms with Crippen molar-refractivity contribution < 1.29 is 19.1 Å². The first-order valence-electron chi connectivity index (χ1n) is 13.4. The number of ketones is 2. The van der Waals surface area contributed by atoms with Gasteiger partial charge in [-0.25, -0.2) is 0 Å². The van der Waals surface area contributed by atoms with Crippen LogP contribution in [0.15, 0.2) is 0 Å². The monoisotopic (exact) mass is 446 g/mol. The summed E-state index contributed by atoms with van der Waals surface area (Å²) in [6, 6.07) is 0. The Kier molecular flexibility index (Phi) is 8.25. The Bertz CT molecular complexity index is 680. The van der Waals surface area contributed by atoms with Gasteiger partial charge in [-0.15, -0.1) is 0 Å². The van der Waals surface area contributed by atoms with E-state index in [4.69, 9.17) is 4.74 Å². The molecule has 6 unspecified atom stereocenters. The number of hydrogen-bond donors (Lipinski definition) is 0. The molecule has 4 fully saturated rings. The van der Waals surface area contributed by atoms with E-state index in [1.165, 1.54) is 23.7 Å². The van der Waals surface area contributed by atoms with E-state index in [0.717, 1.165) is 12.8 Å². The second-order valence-electron chi connectivity index (χ2n) is 12.0. The van der Waals surface area contributed by atoms with Crippen molar-refractivity contribution >= 4 is 17.5 Å².